The van der Waals surface area contributed by atoms with Crippen LogP contribution < -0.4 is 5.32 Å². The Kier molecular flexibility index (Phi) is 6.02. The third-order valence-electron chi connectivity index (χ3n) is 3.28. The predicted molar refractivity (Wildman–Crippen MR) is 94.1 cm³/mol. The minimum atomic E-state index is -0.432. The quantitative estimate of drug-likeness (QED) is 0.848. The second kappa shape index (κ2) is 7.78. The van der Waals surface area contributed by atoms with Gasteiger partial charge in [0.05, 0.1) is 5.69 Å². The number of para-hydroxylation sites is 1. The van der Waals surface area contributed by atoms with E-state index in [1.165, 1.54) is 11.8 Å². The van der Waals surface area contributed by atoms with Crippen LogP contribution in [0.25, 0.3) is 0 Å². The van der Waals surface area contributed by atoms with Crippen molar-refractivity contribution in [2.24, 2.45) is 4.99 Å². The number of nitrogens with zero attached hydrogens (tertiary/aromatic N) is 2. The summed E-state index contributed by atoms with van der Waals surface area (Å²) in [5.74, 6) is -0.414. The van der Waals surface area contributed by atoms with Gasteiger partial charge < -0.3 is 10.2 Å². The Labute approximate surface area is 142 Å². The Bertz CT molecular complexity index is 602. The van der Waals surface area contributed by atoms with Crippen molar-refractivity contribution in [3.8, 4) is 0 Å². The molecule has 2 amide bonds. The fourth-order valence-electron chi connectivity index (χ4n) is 2.07. The Hall–Kier alpha value is -1.34. The molecule has 1 N–H and O–H groups in total. The van der Waals surface area contributed by atoms with Crippen LogP contribution in [0.1, 0.15) is 20.3 Å². The average Bonchev–Trinajstić information content (AvgIpc) is 2.84. The lowest BCUT2D eigenvalue weighted by molar-refractivity contribution is -0.121. The topological polar surface area (TPSA) is 61.8 Å². The molecule has 0 saturated carbocycles. The zero-order chi connectivity index (χ0) is 16.1. The molecule has 5 nitrogen and oxygen atoms in total. The highest BCUT2D eigenvalue weighted by atomic mass is 79.9. The first-order valence-electron chi connectivity index (χ1n) is 7.13. The number of carbonyl (C=O) groups is 2. The molecule has 0 saturated heterocycles. The lowest BCUT2D eigenvalue weighted by Crippen LogP contribution is -2.27. The minimum Gasteiger partial charge on any atom is -0.352 e. The first-order chi connectivity index (χ1) is 10.5. The van der Waals surface area contributed by atoms with Gasteiger partial charge in [0.1, 0.15) is 5.25 Å². The van der Waals surface area contributed by atoms with Crippen molar-refractivity contribution in [2.45, 2.75) is 25.5 Å². The van der Waals surface area contributed by atoms with Crippen molar-refractivity contribution in [3.63, 3.8) is 0 Å². The molecule has 7 heteroatoms. The van der Waals surface area contributed by atoms with Gasteiger partial charge in [-0.15, -0.1) is 0 Å². The number of nitrogens with one attached hydrogen (secondary N) is 1. The van der Waals surface area contributed by atoms with Crippen LogP contribution in [0.4, 0.5) is 5.69 Å². The van der Waals surface area contributed by atoms with Crippen LogP contribution in [0.3, 0.4) is 0 Å². The van der Waals surface area contributed by atoms with Crippen LogP contribution in [-0.2, 0) is 9.59 Å². The van der Waals surface area contributed by atoms with Gasteiger partial charge in [0.2, 0.25) is 5.91 Å². The number of thioether (sulfide) groups is 1. The van der Waals surface area contributed by atoms with E-state index >= 15 is 0 Å². The van der Waals surface area contributed by atoms with Crippen LogP contribution in [0.2, 0.25) is 0 Å². The number of hydrogen-bond acceptors (Lipinski definition) is 4. The summed E-state index contributed by atoms with van der Waals surface area (Å²) in [7, 11) is 0. The lowest BCUT2D eigenvalue weighted by atomic mass is 10.2. The molecule has 0 radical (unpaired) electrons. The molecule has 1 aromatic carbocycles. The van der Waals surface area contributed by atoms with Crippen molar-refractivity contribution in [3.05, 3.63) is 28.7 Å². The summed E-state index contributed by atoms with van der Waals surface area (Å²) in [4.78, 5) is 30.2. The van der Waals surface area contributed by atoms with Gasteiger partial charge in [-0.05, 0) is 41.9 Å². The maximum absolute atomic E-state index is 12.1. The van der Waals surface area contributed by atoms with Gasteiger partial charge in [0.15, 0.2) is 5.17 Å². The van der Waals surface area contributed by atoms with E-state index in [0.717, 1.165) is 17.6 Å². The summed E-state index contributed by atoms with van der Waals surface area (Å²) in [6, 6.07) is 7.38. The van der Waals surface area contributed by atoms with Gasteiger partial charge in [-0.25, -0.2) is 0 Å². The van der Waals surface area contributed by atoms with Crippen LogP contribution >= 0.6 is 27.7 Å². The Morgan fingerprint density at radius 2 is 2.05 bits per heavy atom. The normalized spacial score (nSPS) is 17.3. The second-order valence-corrected chi connectivity index (χ2v) is 6.77. The molecule has 1 aliphatic rings. The molecule has 22 heavy (non-hydrogen) atoms. The molecule has 0 spiro atoms. The fraction of sp³-hybridized carbons (Fsp3) is 0.400. The van der Waals surface area contributed by atoms with Gasteiger partial charge in [0, 0.05) is 24.0 Å². The molecule has 1 atom stereocenters. The molecule has 1 aliphatic heterocycles. The number of aliphatic imine (C=N–C) groups is 1. The number of anilines is 1. The highest BCUT2D eigenvalue weighted by Crippen LogP contribution is 2.28. The molecule has 0 aromatic heterocycles. The highest BCUT2D eigenvalue weighted by Gasteiger charge is 2.32. The highest BCUT2D eigenvalue weighted by molar-refractivity contribution is 9.10. The number of benzene rings is 1. The molecule has 0 unspecified atom stereocenters. The molecule has 2 rings (SSSR count). The summed E-state index contributed by atoms with van der Waals surface area (Å²) in [6.07, 6.45) is 0.124. The fourth-order valence-corrected chi connectivity index (χ4v) is 3.65. The van der Waals surface area contributed by atoms with Crippen LogP contribution in [0.15, 0.2) is 33.7 Å². The largest absolute Gasteiger partial charge is 0.352 e. The lowest BCUT2D eigenvalue weighted by Gasteiger charge is -2.19. The molecular weight excluding hydrogens is 366 g/mol. The number of carbonyl (C=O) groups excluding carboxylic acids is 2. The Morgan fingerprint density at radius 3 is 2.68 bits per heavy atom. The van der Waals surface area contributed by atoms with Gasteiger partial charge in [-0.3, -0.25) is 9.59 Å². The van der Waals surface area contributed by atoms with E-state index in [-0.39, 0.29) is 18.2 Å². The van der Waals surface area contributed by atoms with E-state index in [9.17, 15) is 9.59 Å². The number of amidine groups is 1. The summed E-state index contributed by atoms with van der Waals surface area (Å²) < 4.78 is 0.814. The van der Waals surface area contributed by atoms with Crippen molar-refractivity contribution >= 4 is 50.4 Å². The van der Waals surface area contributed by atoms with Crippen LogP contribution in [0, 0.1) is 0 Å². The van der Waals surface area contributed by atoms with Gasteiger partial charge in [0.25, 0.3) is 5.91 Å². The zero-order valence-corrected chi connectivity index (χ0v) is 14.9. The standard InChI is InChI=1S/C15H18BrN3O2S/c1-3-19(4-2)15-18-14(21)12(22-15)9-13(20)17-11-8-6-5-7-10(11)16/h5-8,12H,3-4,9H2,1-2H3,(H,17,20)/t12-/m0/s1. The van der Waals surface area contributed by atoms with E-state index in [2.05, 4.69) is 26.2 Å². The number of amides is 2. The molecule has 0 aliphatic carbocycles. The van der Waals surface area contributed by atoms with E-state index in [1.54, 1.807) is 0 Å². The summed E-state index contributed by atoms with van der Waals surface area (Å²) >= 11 is 4.75. The maximum Gasteiger partial charge on any atom is 0.262 e. The number of hydrogen-bond donors (Lipinski definition) is 1. The minimum absolute atomic E-state index is 0.124. The molecule has 1 heterocycles. The second-order valence-electron chi connectivity index (χ2n) is 4.74. The third-order valence-corrected chi connectivity index (χ3v) is 5.19. The van der Waals surface area contributed by atoms with Gasteiger partial charge >= 0.3 is 0 Å². The van der Waals surface area contributed by atoms with Crippen molar-refractivity contribution in [2.75, 3.05) is 18.4 Å². The summed E-state index contributed by atoms with van der Waals surface area (Å²) in [5.41, 5.74) is 0.702. The SMILES string of the molecule is CCN(CC)C1=NC(=O)[C@H](CC(=O)Nc2ccccc2Br)S1. The van der Waals surface area contributed by atoms with E-state index < -0.39 is 5.25 Å². The first kappa shape index (κ1) is 17.0. The van der Waals surface area contributed by atoms with Crippen molar-refractivity contribution < 1.29 is 9.59 Å². The van der Waals surface area contributed by atoms with Gasteiger partial charge in [-0.1, -0.05) is 23.9 Å². The molecule has 0 bridgehead atoms. The molecule has 0 fully saturated rings. The third kappa shape index (κ3) is 4.10. The number of halogens is 1. The van der Waals surface area contributed by atoms with Gasteiger partial charge in [-0.2, -0.15) is 4.99 Å². The predicted octanol–water partition coefficient (Wildman–Crippen LogP) is 3.12. The first-order valence-corrected chi connectivity index (χ1v) is 8.81. The number of rotatable bonds is 5. The van der Waals surface area contributed by atoms with Crippen molar-refractivity contribution in [1.82, 2.24) is 4.90 Å². The summed E-state index contributed by atoms with van der Waals surface area (Å²) in [6.45, 7) is 5.63. The Morgan fingerprint density at radius 1 is 1.36 bits per heavy atom. The monoisotopic (exact) mass is 383 g/mol. The Balaban J connectivity index is 1.94. The smallest absolute Gasteiger partial charge is 0.262 e. The zero-order valence-electron chi connectivity index (χ0n) is 12.5. The van der Waals surface area contributed by atoms with E-state index in [0.29, 0.717) is 10.9 Å². The average molecular weight is 384 g/mol. The molecule has 1 aromatic rings. The van der Waals surface area contributed by atoms with E-state index in [1.807, 2.05) is 43.0 Å². The molecule has 118 valence electrons. The summed E-state index contributed by atoms with van der Waals surface area (Å²) in [5, 5.41) is 3.10. The van der Waals surface area contributed by atoms with Crippen LogP contribution in [-0.4, -0.2) is 40.2 Å². The molecular formula is C15H18BrN3O2S. The van der Waals surface area contributed by atoms with Crippen LogP contribution in [0.5, 0.6) is 0 Å². The van der Waals surface area contributed by atoms with E-state index in [4.69, 9.17) is 0 Å². The maximum atomic E-state index is 12.1. The van der Waals surface area contributed by atoms with Crippen molar-refractivity contribution in [1.29, 1.82) is 0 Å².